The fourth-order valence-corrected chi connectivity index (χ4v) is 1.30. The number of nitrogens with one attached hydrogen (secondary N) is 1. The number of nitrogens with zero attached hydrogens (tertiary/aromatic N) is 1. The maximum atomic E-state index is 11.2. The lowest BCUT2D eigenvalue weighted by Gasteiger charge is -2.16. The smallest absolute Gasteiger partial charge is 0.410 e. The van der Waals surface area contributed by atoms with Crippen LogP contribution in [0.15, 0.2) is 0 Å². The Balaban J connectivity index is 2.45. The lowest BCUT2D eigenvalue weighted by atomic mass is 10.3. The van der Waals surface area contributed by atoms with Gasteiger partial charge in [0.1, 0.15) is 6.10 Å². The highest BCUT2D eigenvalue weighted by molar-refractivity contribution is 5.70. The fraction of sp³-hybridized carbons (Fsp3) is 0.875. The summed E-state index contributed by atoms with van der Waals surface area (Å²) < 4.78 is 5.10. The molecule has 0 aromatic rings. The van der Waals surface area contributed by atoms with Crippen molar-refractivity contribution >= 4 is 6.09 Å². The van der Waals surface area contributed by atoms with Crippen LogP contribution in [-0.2, 0) is 4.74 Å². The van der Waals surface area contributed by atoms with E-state index in [1.54, 1.807) is 4.90 Å². The summed E-state index contributed by atoms with van der Waals surface area (Å²) in [6, 6.07) is 0.236. The van der Waals surface area contributed by atoms with Crippen molar-refractivity contribution < 1.29 is 9.53 Å². The first-order valence-corrected chi connectivity index (χ1v) is 4.27. The molecule has 1 aliphatic rings. The van der Waals surface area contributed by atoms with Crippen LogP contribution in [0, 0.1) is 0 Å². The third kappa shape index (κ3) is 1.88. The molecule has 0 aromatic carbocycles. The van der Waals surface area contributed by atoms with Gasteiger partial charge < -0.3 is 15.0 Å². The number of rotatable bonds is 3. The van der Waals surface area contributed by atoms with Gasteiger partial charge in [-0.15, -0.1) is 0 Å². The minimum Gasteiger partial charge on any atom is -0.443 e. The van der Waals surface area contributed by atoms with E-state index < -0.39 is 0 Å². The average molecular weight is 172 g/mol. The van der Waals surface area contributed by atoms with Gasteiger partial charge in [0.15, 0.2) is 0 Å². The number of likely N-dealkylation sites (N-methyl/N-ethyl adjacent to an activating group) is 1. The molecule has 1 amide bonds. The first kappa shape index (κ1) is 9.32. The monoisotopic (exact) mass is 172 g/mol. The maximum absolute atomic E-state index is 11.2. The molecule has 4 nitrogen and oxygen atoms in total. The summed E-state index contributed by atoms with van der Waals surface area (Å²) in [6.07, 6.45) is -0.171. The van der Waals surface area contributed by atoms with Crippen molar-refractivity contribution in [2.24, 2.45) is 0 Å². The molecule has 0 aliphatic carbocycles. The quantitative estimate of drug-likeness (QED) is 0.671. The lowest BCUT2D eigenvalue weighted by Crippen LogP contribution is -2.33. The van der Waals surface area contributed by atoms with Gasteiger partial charge in [-0.3, -0.25) is 0 Å². The van der Waals surface area contributed by atoms with Gasteiger partial charge in [-0.2, -0.15) is 0 Å². The van der Waals surface area contributed by atoms with E-state index in [0.29, 0.717) is 6.54 Å². The van der Waals surface area contributed by atoms with Crippen molar-refractivity contribution in [3.8, 4) is 0 Å². The van der Waals surface area contributed by atoms with Gasteiger partial charge in [0, 0.05) is 12.6 Å². The van der Waals surface area contributed by atoms with Gasteiger partial charge in [0.25, 0.3) is 0 Å². The van der Waals surface area contributed by atoms with Crippen molar-refractivity contribution in [1.29, 1.82) is 0 Å². The van der Waals surface area contributed by atoms with Crippen LogP contribution in [0.5, 0.6) is 0 Å². The predicted molar refractivity (Wildman–Crippen MR) is 46.0 cm³/mol. The van der Waals surface area contributed by atoms with Crippen LogP contribution in [0.25, 0.3) is 0 Å². The number of hydrogen-bond donors (Lipinski definition) is 1. The molecule has 70 valence electrons. The van der Waals surface area contributed by atoms with Gasteiger partial charge in [-0.25, -0.2) is 4.79 Å². The molecule has 0 saturated carbocycles. The van der Waals surface area contributed by atoms with E-state index in [1.807, 2.05) is 20.9 Å². The van der Waals surface area contributed by atoms with Crippen LogP contribution >= 0.6 is 0 Å². The number of cyclic esters (lactones) is 1. The van der Waals surface area contributed by atoms with E-state index in [0.717, 1.165) is 6.54 Å². The third-order valence-electron chi connectivity index (χ3n) is 1.96. The Morgan fingerprint density at radius 2 is 2.42 bits per heavy atom. The van der Waals surface area contributed by atoms with Crippen LogP contribution < -0.4 is 5.32 Å². The SMILES string of the molecule is CNCC1CN(C(C)C)C(=O)O1. The minimum atomic E-state index is -0.190. The van der Waals surface area contributed by atoms with Crippen LogP contribution in [0.2, 0.25) is 0 Å². The molecular formula is C8H16N2O2. The summed E-state index contributed by atoms with van der Waals surface area (Å²) in [5, 5.41) is 2.99. The molecule has 1 fully saturated rings. The van der Waals surface area contributed by atoms with E-state index in [1.165, 1.54) is 0 Å². The van der Waals surface area contributed by atoms with Crippen LogP contribution in [-0.4, -0.2) is 43.3 Å². The van der Waals surface area contributed by atoms with Gasteiger partial charge in [-0.1, -0.05) is 0 Å². The van der Waals surface area contributed by atoms with Crippen molar-refractivity contribution in [3.63, 3.8) is 0 Å². The zero-order valence-corrected chi connectivity index (χ0v) is 7.83. The molecule has 1 aliphatic heterocycles. The zero-order valence-electron chi connectivity index (χ0n) is 7.83. The molecule has 1 heterocycles. The van der Waals surface area contributed by atoms with Crippen LogP contribution in [0.1, 0.15) is 13.8 Å². The summed E-state index contributed by atoms with van der Waals surface area (Å²) in [7, 11) is 1.85. The lowest BCUT2D eigenvalue weighted by molar-refractivity contribution is 0.129. The Kier molecular flexibility index (Phi) is 2.92. The second kappa shape index (κ2) is 3.76. The molecule has 0 bridgehead atoms. The van der Waals surface area contributed by atoms with E-state index >= 15 is 0 Å². The number of carbonyl (C=O) groups excluding carboxylic acids is 1. The summed E-state index contributed by atoms with van der Waals surface area (Å²) in [4.78, 5) is 12.9. The second-order valence-corrected chi connectivity index (χ2v) is 3.31. The molecule has 1 atom stereocenters. The highest BCUT2D eigenvalue weighted by Gasteiger charge is 2.31. The highest BCUT2D eigenvalue weighted by Crippen LogP contribution is 2.13. The maximum Gasteiger partial charge on any atom is 0.410 e. The molecule has 1 unspecified atom stereocenters. The minimum absolute atomic E-state index is 0.0184. The molecule has 0 spiro atoms. The standard InChI is InChI=1S/C8H16N2O2/c1-6(2)10-5-7(4-9-3)12-8(10)11/h6-7,9H,4-5H2,1-3H3. The molecule has 4 heteroatoms. The largest absolute Gasteiger partial charge is 0.443 e. The summed E-state index contributed by atoms with van der Waals surface area (Å²) in [5.74, 6) is 0. The molecule has 1 rings (SSSR count). The number of carbonyl (C=O) groups is 1. The van der Waals surface area contributed by atoms with Crippen molar-refractivity contribution in [3.05, 3.63) is 0 Å². The molecule has 1 saturated heterocycles. The Labute approximate surface area is 72.9 Å². The molecular weight excluding hydrogens is 156 g/mol. The summed E-state index contributed by atoms with van der Waals surface area (Å²) in [6.45, 7) is 5.42. The fourth-order valence-electron chi connectivity index (χ4n) is 1.30. The number of ether oxygens (including phenoxy) is 1. The number of hydrogen-bond acceptors (Lipinski definition) is 3. The Hall–Kier alpha value is -0.770. The Bertz CT molecular complexity index is 170. The third-order valence-corrected chi connectivity index (χ3v) is 1.96. The van der Waals surface area contributed by atoms with E-state index in [9.17, 15) is 4.79 Å². The highest BCUT2D eigenvalue weighted by atomic mass is 16.6. The van der Waals surface area contributed by atoms with Crippen LogP contribution in [0.4, 0.5) is 4.79 Å². The van der Waals surface area contributed by atoms with Crippen molar-refractivity contribution in [1.82, 2.24) is 10.2 Å². The normalized spacial score (nSPS) is 23.5. The Morgan fingerprint density at radius 1 is 1.75 bits per heavy atom. The van der Waals surface area contributed by atoms with Gasteiger partial charge in [0.05, 0.1) is 6.54 Å². The summed E-state index contributed by atoms with van der Waals surface area (Å²) >= 11 is 0. The molecule has 12 heavy (non-hydrogen) atoms. The molecule has 0 radical (unpaired) electrons. The van der Waals surface area contributed by atoms with E-state index in [2.05, 4.69) is 5.32 Å². The zero-order chi connectivity index (χ0) is 9.14. The molecule has 0 aromatic heterocycles. The summed E-state index contributed by atoms with van der Waals surface area (Å²) in [5.41, 5.74) is 0. The van der Waals surface area contributed by atoms with Crippen molar-refractivity contribution in [2.45, 2.75) is 26.0 Å². The Morgan fingerprint density at radius 3 is 2.83 bits per heavy atom. The topological polar surface area (TPSA) is 41.6 Å². The van der Waals surface area contributed by atoms with Gasteiger partial charge in [-0.05, 0) is 20.9 Å². The van der Waals surface area contributed by atoms with E-state index in [-0.39, 0.29) is 18.2 Å². The van der Waals surface area contributed by atoms with Gasteiger partial charge >= 0.3 is 6.09 Å². The van der Waals surface area contributed by atoms with Crippen LogP contribution in [0.3, 0.4) is 0 Å². The first-order chi connectivity index (χ1) is 5.65. The average Bonchev–Trinajstić information content (AvgIpc) is 2.32. The van der Waals surface area contributed by atoms with Crippen molar-refractivity contribution in [2.75, 3.05) is 20.1 Å². The predicted octanol–water partition coefficient (Wildman–Crippen LogP) is 0.435. The number of amides is 1. The first-order valence-electron chi connectivity index (χ1n) is 4.27. The van der Waals surface area contributed by atoms with E-state index in [4.69, 9.17) is 4.74 Å². The van der Waals surface area contributed by atoms with Gasteiger partial charge in [0.2, 0.25) is 0 Å². The molecule has 1 N–H and O–H groups in total. The second-order valence-electron chi connectivity index (χ2n) is 3.31.